The van der Waals surface area contributed by atoms with E-state index in [1.54, 1.807) is 41.1 Å². The number of nitrogens with one attached hydrogen (secondary N) is 1. The molecule has 4 rings (SSSR count). The van der Waals surface area contributed by atoms with E-state index in [2.05, 4.69) is 41.5 Å². The maximum absolute atomic E-state index is 12.4. The smallest absolute Gasteiger partial charge is 0.341 e. The van der Waals surface area contributed by atoms with Gasteiger partial charge in [-0.05, 0) is 65.9 Å². The number of thiazole rings is 1. The monoisotopic (exact) mass is 512 g/mol. The number of hydrogen-bond donors (Lipinski definition) is 2. The van der Waals surface area contributed by atoms with Crippen molar-refractivity contribution < 1.29 is 19.4 Å². The van der Waals surface area contributed by atoms with E-state index in [0.29, 0.717) is 5.75 Å². The molecule has 3 aromatic carbocycles. The first kappa shape index (κ1) is 25.9. The normalized spacial score (nSPS) is 11.8. The van der Waals surface area contributed by atoms with Crippen molar-refractivity contribution in [3.63, 3.8) is 0 Å². The van der Waals surface area contributed by atoms with Crippen molar-refractivity contribution in [2.75, 3.05) is 6.61 Å². The number of carboxylic acid groups (broad SMARTS) is 1. The van der Waals surface area contributed by atoms with Crippen LogP contribution in [0.1, 0.15) is 36.6 Å². The van der Waals surface area contributed by atoms with Gasteiger partial charge in [0.15, 0.2) is 6.61 Å². The number of nitrogens with zero attached hydrogens (tertiary/aromatic N) is 1. The fourth-order valence-electron chi connectivity index (χ4n) is 3.82. The molecule has 0 aliphatic carbocycles. The number of carbonyl (C=O) groups excluding carboxylic acids is 1. The largest absolute Gasteiger partial charge is 0.482 e. The average molecular weight is 513 g/mol. The van der Waals surface area contributed by atoms with E-state index in [0.717, 1.165) is 39.2 Å². The van der Waals surface area contributed by atoms with Crippen LogP contribution in [0.5, 0.6) is 5.75 Å². The van der Waals surface area contributed by atoms with Crippen molar-refractivity contribution in [3.8, 4) is 27.4 Å². The molecular weight excluding hydrogens is 484 g/mol. The van der Waals surface area contributed by atoms with Gasteiger partial charge >= 0.3 is 5.97 Å². The Morgan fingerprint density at radius 1 is 1.00 bits per heavy atom. The first-order chi connectivity index (χ1) is 17.9. The van der Waals surface area contributed by atoms with Crippen LogP contribution < -0.4 is 10.1 Å². The van der Waals surface area contributed by atoms with Crippen molar-refractivity contribution in [2.24, 2.45) is 0 Å². The van der Waals surface area contributed by atoms with E-state index < -0.39 is 5.97 Å². The molecular formula is C30H28N2O4S. The van der Waals surface area contributed by atoms with Gasteiger partial charge < -0.3 is 15.2 Å². The Kier molecular flexibility index (Phi) is 8.48. The van der Waals surface area contributed by atoms with Gasteiger partial charge in [0.1, 0.15) is 5.75 Å². The number of amides is 1. The van der Waals surface area contributed by atoms with Crippen LogP contribution in [0.2, 0.25) is 0 Å². The molecule has 7 heteroatoms. The highest BCUT2D eigenvalue weighted by molar-refractivity contribution is 7.13. The molecule has 0 aliphatic heterocycles. The standard InChI is InChI=1S/C30H28N2O4S/c1-3-21-4-9-23(10-5-21)20(2)32-27(33)17-8-22-6-11-25(12-7-22)30-29(31-19-37-30)24-13-15-26(16-14-24)36-18-28(34)35/h4-17,19-20H,3,18H2,1-2H3,(H,32,33)(H,34,35)/b17-8+. The minimum atomic E-state index is -1.02. The van der Waals surface area contributed by atoms with Gasteiger partial charge in [-0.3, -0.25) is 4.79 Å². The molecule has 0 fully saturated rings. The molecule has 0 bridgehead atoms. The number of aromatic nitrogens is 1. The van der Waals surface area contributed by atoms with Crippen molar-refractivity contribution in [3.05, 3.63) is 101 Å². The molecule has 1 aromatic heterocycles. The molecule has 1 amide bonds. The first-order valence-electron chi connectivity index (χ1n) is 12.0. The van der Waals surface area contributed by atoms with Gasteiger partial charge in [-0.2, -0.15) is 0 Å². The summed E-state index contributed by atoms with van der Waals surface area (Å²) in [5, 5.41) is 11.8. The third-order valence-corrected chi connectivity index (χ3v) is 6.78. The van der Waals surface area contributed by atoms with Crippen LogP contribution >= 0.6 is 11.3 Å². The maximum atomic E-state index is 12.4. The Balaban J connectivity index is 1.39. The summed E-state index contributed by atoms with van der Waals surface area (Å²) in [6, 6.07) is 23.4. The Hall–Kier alpha value is -4.23. The number of rotatable bonds is 10. The fraction of sp³-hybridized carbons (Fsp3) is 0.167. The number of carbonyl (C=O) groups is 2. The predicted molar refractivity (Wildman–Crippen MR) is 148 cm³/mol. The summed E-state index contributed by atoms with van der Waals surface area (Å²) in [7, 11) is 0. The van der Waals surface area contributed by atoms with Crippen LogP contribution in [0.25, 0.3) is 27.8 Å². The van der Waals surface area contributed by atoms with E-state index in [1.165, 1.54) is 5.56 Å². The highest BCUT2D eigenvalue weighted by Gasteiger charge is 2.12. The number of ether oxygens (including phenoxy) is 1. The molecule has 0 aliphatic rings. The molecule has 0 spiro atoms. The summed E-state index contributed by atoms with van der Waals surface area (Å²) in [5.41, 5.74) is 7.85. The van der Waals surface area contributed by atoms with E-state index in [9.17, 15) is 9.59 Å². The molecule has 0 saturated carbocycles. The third kappa shape index (κ3) is 6.92. The van der Waals surface area contributed by atoms with Gasteiger partial charge in [0, 0.05) is 11.6 Å². The van der Waals surface area contributed by atoms with Gasteiger partial charge in [0.2, 0.25) is 5.91 Å². The van der Waals surface area contributed by atoms with Gasteiger partial charge in [-0.25, -0.2) is 9.78 Å². The summed E-state index contributed by atoms with van der Waals surface area (Å²) in [5.74, 6) is -0.666. The van der Waals surface area contributed by atoms with Crippen molar-refractivity contribution in [2.45, 2.75) is 26.3 Å². The van der Waals surface area contributed by atoms with Crippen LogP contribution in [0.3, 0.4) is 0 Å². The lowest BCUT2D eigenvalue weighted by atomic mass is 10.0. The molecule has 1 atom stereocenters. The third-order valence-electron chi connectivity index (χ3n) is 5.90. The molecule has 4 aromatic rings. The SMILES string of the molecule is CCc1ccc(C(C)NC(=O)/C=C/c2ccc(-c3scnc3-c3ccc(OCC(=O)O)cc3)cc2)cc1. The summed E-state index contributed by atoms with van der Waals surface area (Å²) in [6.07, 6.45) is 4.35. The van der Waals surface area contributed by atoms with Crippen LogP contribution in [-0.2, 0) is 16.0 Å². The number of aliphatic carboxylic acids is 1. The van der Waals surface area contributed by atoms with E-state index in [-0.39, 0.29) is 18.6 Å². The Labute approximate surface area is 220 Å². The lowest BCUT2D eigenvalue weighted by Crippen LogP contribution is -2.24. The molecule has 6 nitrogen and oxygen atoms in total. The van der Waals surface area contributed by atoms with E-state index >= 15 is 0 Å². The minimum Gasteiger partial charge on any atom is -0.482 e. The zero-order valence-corrected chi connectivity index (χ0v) is 21.5. The van der Waals surface area contributed by atoms with E-state index in [1.807, 2.05) is 43.3 Å². The molecule has 1 unspecified atom stereocenters. The Bertz CT molecular complexity index is 1370. The zero-order chi connectivity index (χ0) is 26.2. The van der Waals surface area contributed by atoms with Crippen LogP contribution in [-0.4, -0.2) is 28.6 Å². The average Bonchev–Trinajstić information content (AvgIpc) is 3.41. The van der Waals surface area contributed by atoms with Gasteiger partial charge in [-0.15, -0.1) is 11.3 Å². The second-order valence-corrected chi connectivity index (χ2v) is 9.37. The van der Waals surface area contributed by atoms with Crippen molar-refractivity contribution in [1.29, 1.82) is 0 Å². The van der Waals surface area contributed by atoms with Crippen molar-refractivity contribution in [1.82, 2.24) is 10.3 Å². The Morgan fingerprint density at radius 3 is 2.32 bits per heavy atom. The highest BCUT2D eigenvalue weighted by atomic mass is 32.1. The minimum absolute atomic E-state index is 0.0759. The first-order valence-corrected chi connectivity index (χ1v) is 12.9. The second kappa shape index (κ2) is 12.1. The molecule has 1 heterocycles. The summed E-state index contributed by atoms with van der Waals surface area (Å²) < 4.78 is 5.21. The van der Waals surface area contributed by atoms with Crippen molar-refractivity contribution >= 4 is 29.3 Å². The summed E-state index contributed by atoms with van der Waals surface area (Å²) >= 11 is 1.54. The number of aryl methyl sites for hydroxylation is 1. The Morgan fingerprint density at radius 2 is 1.68 bits per heavy atom. The zero-order valence-electron chi connectivity index (χ0n) is 20.7. The van der Waals surface area contributed by atoms with Gasteiger partial charge in [0.25, 0.3) is 0 Å². The highest BCUT2D eigenvalue weighted by Crippen LogP contribution is 2.35. The summed E-state index contributed by atoms with van der Waals surface area (Å²) in [6.45, 7) is 3.72. The maximum Gasteiger partial charge on any atom is 0.341 e. The van der Waals surface area contributed by atoms with Gasteiger partial charge in [-0.1, -0.05) is 55.5 Å². The predicted octanol–water partition coefficient (Wildman–Crippen LogP) is 6.39. The van der Waals surface area contributed by atoms with Gasteiger partial charge in [0.05, 0.1) is 22.1 Å². The quantitative estimate of drug-likeness (QED) is 0.240. The second-order valence-electron chi connectivity index (χ2n) is 8.52. The molecule has 37 heavy (non-hydrogen) atoms. The number of benzene rings is 3. The lowest BCUT2D eigenvalue weighted by molar-refractivity contribution is -0.139. The fourth-order valence-corrected chi connectivity index (χ4v) is 4.63. The van der Waals surface area contributed by atoms with Crippen LogP contribution in [0, 0.1) is 0 Å². The van der Waals surface area contributed by atoms with E-state index in [4.69, 9.17) is 9.84 Å². The molecule has 2 N–H and O–H groups in total. The molecule has 188 valence electrons. The summed E-state index contributed by atoms with van der Waals surface area (Å²) in [4.78, 5) is 28.7. The topological polar surface area (TPSA) is 88.5 Å². The van der Waals surface area contributed by atoms with Crippen LogP contribution in [0.15, 0.2) is 84.4 Å². The molecule has 0 saturated heterocycles. The number of carboxylic acids is 1. The number of hydrogen-bond acceptors (Lipinski definition) is 5. The van der Waals surface area contributed by atoms with Crippen LogP contribution in [0.4, 0.5) is 0 Å². The lowest BCUT2D eigenvalue weighted by Gasteiger charge is -2.13. The molecule has 0 radical (unpaired) electrons.